The average Bonchev–Trinajstić information content (AvgIpc) is 3.14. The molecule has 0 unspecified atom stereocenters. The van der Waals surface area contributed by atoms with E-state index in [1.54, 1.807) is 12.5 Å². The van der Waals surface area contributed by atoms with Gasteiger partial charge in [-0.05, 0) is 12.1 Å². The molecule has 3 aromatic heterocycles. The van der Waals surface area contributed by atoms with Crippen LogP contribution in [0, 0.1) is 0 Å². The van der Waals surface area contributed by atoms with Crippen molar-refractivity contribution in [3.05, 3.63) is 48.4 Å². The summed E-state index contributed by atoms with van der Waals surface area (Å²) in [5, 5.41) is 18.5. The van der Waals surface area contributed by atoms with Crippen molar-refractivity contribution in [2.75, 3.05) is 6.54 Å². The summed E-state index contributed by atoms with van der Waals surface area (Å²) in [7, 11) is 1.95. The number of pyridine rings is 1. The Hall–Kier alpha value is -2.54. The van der Waals surface area contributed by atoms with E-state index in [9.17, 15) is 0 Å². The van der Waals surface area contributed by atoms with Gasteiger partial charge in [0.05, 0.1) is 11.9 Å². The third kappa shape index (κ3) is 3.14. The van der Waals surface area contributed by atoms with Crippen LogP contribution in [0.1, 0.15) is 11.4 Å². The Kier molecular flexibility index (Phi) is 4.02. The highest BCUT2D eigenvalue weighted by Crippen LogP contribution is 2.19. The summed E-state index contributed by atoms with van der Waals surface area (Å²) in [4.78, 5) is 4.14. The highest BCUT2D eigenvalue weighted by Gasteiger charge is 2.07. The van der Waals surface area contributed by atoms with Crippen LogP contribution in [0.5, 0.6) is 0 Å². The van der Waals surface area contributed by atoms with Gasteiger partial charge in [-0.3, -0.25) is 10.1 Å². The molecule has 0 atom stereocenters. The predicted molar refractivity (Wildman–Crippen MR) is 78.2 cm³/mol. The molecule has 7 nitrogen and oxygen atoms in total. The second-order valence-corrected chi connectivity index (χ2v) is 4.80. The zero-order chi connectivity index (χ0) is 14.5. The van der Waals surface area contributed by atoms with Gasteiger partial charge >= 0.3 is 0 Å². The highest BCUT2D eigenvalue weighted by molar-refractivity contribution is 5.61. The summed E-state index contributed by atoms with van der Waals surface area (Å²) >= 11 is 0. The van der Waals surface area contributed by atoms with E-state index in [0.717, 1.165) is 42.2 Å². The molecule has 0 saturated heterocycles. The summed E-state index contributed by atoms with van der Waals surface area (Å²) in [6, 6.07) is 3.94. The molecule has 0 saturated carbocycles. The lowest BCUT2D eigenvalue weighted by Crippen LogP contribution is -2.18. The Morgan fingerprint density at radius 3 is 3.05 bits per heavy atom. The molecule has 0 aliphatic heterocycles. The van der Waals surface area contributed by atoms with Crippen molar-refractivity contribution in [1.82, 2.24) is 35.3 Å². The van der Waals surface area contributed by atoms with Crippen molar-refractivity contribution in [3.63, 3.8) is 0 Å². The van der Waals surface area contributed by atoms with Gasteiger partial charge in [0.25, 0.3) is 0 Å². The molecule has 0 spiro atoms. The minimum atomic E-state index is 0.749. The zero-order valence-corrected chi connectivity index (χ0v) is 11.8. The first kappa shape index (κ1) is 13.4. The molecule has 3 aromatic rings. The molecule has 0 aliphatic rings. The van der Waals surface area contributed by atoms with Gasteiger partial charge in [0.15, 0.2) is 0 Å². The Morgan fingerprint density at radius 1 is 1.33 bits per heavy atom. The molecule has 0 aliphatic carbocycles. The third-order valence-electron chi connectivity index (χ3n) is 3.31. The standard InChI is InChI=1S/C14H17N7/c1-21-10-18-19-13(21)4-6-16-8-12-9-17-20-14(12)11-3-2-5-15-7-11/h2-3,5,7,9-10,16H,4,6,8H2,1H3,(H,17,20). The molecular weight excluding hydrogens is 266 g/mol. The highest BCUT2D eigenvalue weighted by atomic mass is 15.2. The van der Waals surface area contributed by atoms with E-state index in [-0.39, 0.29) is 0 Å². The van der Waals surface area contributed by atoms with Crippen molar-refractivity contribution in [2.45, 2.75) is 13.0 Å². The van der Waals surface area contributed by atoms with E-state index < -0.39 is 0 Å². The monoisotopic (exact) mass is 283 g/mol. The molecule has 0 bridgehead atoms. The topological polar surface area (TPSA) is 84.3 Å². The Bertz CT molecular complexity index is 686. The van der Waals surface area contributed by atoms with E-state index in [4.69, 9.17) is 0 Å². The average molecular weight is 283 g/mol. The van der Waals surface area contributed by atoms with Gasteiger partial charge in [0, 0.05) is 50.1 Å². The maximum absolute atomic E-state index is 4.14. The molecule has 0 amide bonds. The minimum Gasteiger partial charge on any atom is -0.321 e. The molecule has 2 N–H and O–H groups in total. The van der Waals surface area contributed by atoms with Gasteiger partial charge in [-0.2, -0.15) is 5.10 Å². The molecule has 0 fully saturated rings. The van der Waals surface area contributed by atoms with Crippen LogP contribution in [-0.2, 0) is 20.0 Å². The lowest BCUT2D eigenvalue weighted by Gasteiger charge is -2.05. The smallest absolute Gasteiger partial charge is 0.133 e. The number of nitrogens with one attached hydrogen (secondary N) is 2. The maximum atomic E-state index is 4.14. The van der Waals surface area contributed by atoms with Crippen molar-refractivity contribution in [3.8, 4) is 11.3 Å². The second-order valence-electron chi connectivity index (χ2n) is 4.80. The van der Waals surface area contributed by atoms with Gasteiger partial charge in [0.1, 0.15) is 12.2 Å². The van der Waals surface area contributed by atoms with Gasteiger partial charge < -0.3 is 9.88 Å². The zero-order valence-electron chi connectivity index (χ0n) is 11.8. The fourth-order valence-electron chi connectivity index (χ4n) is 2.16. The first-order valence-corrected chi connectivity index (χ1v) is 6.81. The molecule has 21 heavy (non-hydrogen) atoms. The van der Waals surface area contributed by atoms with Crippen LogP contribution in [0.3, 0.4) is 0 Å². The van der Waals surface area contributed by atoms with E-state index in [1.807, 2.05) is 36.1 Å². The summed E-state index contributed by atoms with van der Waals surface area (Å²) in [6.07, 6.45) is 8.00. The van der Waals surface area contributed by atoms with Crippen molar-refractivity contribution < 1.29 is 0 Å². The second kappa shape index (κ2) is 6.27. The number of aromatic amines is 1. The largest absolute Gasteiger partial charge is 0.321 e. The van der Waals surface area contributed by atoms with Crippen LogP contribution >= 0.6 is 0 Å². The lowest BCUT2D eigenvalue weighted by molar-refractivity contribution is 0.654. The lowest BCUT2D eigenvalue weighted by atomic mass is 10.1. The number of H-pyrrole nitrogens is 1. The van der Waals surface area contributed by atoms with E-state index in [2.05, 4.69) is 30.7 Å². The van der Waals surface area contributed by atoms with E-state index >= 15 is 0 Å². The molecule has 0 radical (unpaired) electrons. The predicted octanol–water partition coefficient (Wildman–Crippen LogP) is 0.932. The normalized spacial score (nSPS) is 10.9. The first-order valence-electron chi connectivity index (χ1n) is 6.81. The number of aryl methyl sites for hydroxylation is 1. The third-order valence-corrected chi connectivity index (χ3v) is 3.31. The molecule has 108 valence electrons. The number of rotatable bonds is 6. The van der Waals surface area contributed by atoms with Crippen molar-refractivity contribution in [2.24, 2.45) is 7.05 Å². The van der Waals surface area contributed by atoms with Crippen LogP contribution in [0.25, 0.3) is 11.3 Å². The van der Waals surface area contributed by atoms with Gasteiger partial charge in [-0.1, -0.05) is 0 Å². The molecule has 0 aromatic carbocycles. The van der Waals surface area contributed by atoms with Crippen molar-refractivity contribution >= 4 is 0 Å². The summed E-state index contributed by atoms with van der Waals surface area (Å²) in [5.74, 6) is 0.974. The maximum Gasteiger partial charge on any atom is 0.133 e. The minimum absolute atomic E-state index is 0.749. The van der Waals surface area contributed by atoms with Crippen LogP contribution in [0.2, 0.25) is 0 Å². The van der Waals surface area contributed by atoms with Crippen LogP contribution in [-0.4, -0.2) is 36.5 Å². The summed E-state index contributed by atoms with van der Waals surface area (Å²) in [6.45, 7) is 1.59. The number of aromatic nitrogens is 6. The molecule has 3 heterocycles. The Balaban J connectivity index is 1.57. The summed E-state index contributed by atoms with van der Waals surface area (Å²) in [5.41, 5.74) is 3.18. The Morgan fingerprint density at radius 2 is 2.29 bits per heavy atom. The van der Waals surface area contributed by atoms with Gasteiger partial charge in [-0.15, -0.1) is 10.2 Å². The van der Waals surface area contributed by atoms with Gasteiger partial charge in [-0.25, -0.2) is 0 Å². The summed E-state index contributed by atoms with van der Waals surface area (Å²) < 4.78 is 1.93. The number of hydrogen-bond acceptors (Lipinski definition) is 5. The van der Waals surface area contributed by atoms with Crippen LogP contribution < -0.4 is 5.32 Å². The van der Waals surface area contributed by atoms with Gasteiger partial charge in [0.2, 0.25) is 0 Å². The molecule has 7 heteroatoms. The number of hydrogen-bond donors (Lipinski definition) is 2. The SMILES string of the molecule is Cn1cnnc1CCNCc1cn[nH]c1-c1cccnc1. The van der Waals surface area contributed by atoms with E-state index in [0.29, 0.717) is 0 Å². The molecule has 3 rings (SSSR count). The fourth-order valence-corrected chi connectivity index (χ4v) is 2.16. The quantitative estimate of drug-likeness (QED) is 0.658. The van der Waals surface area contributed by atoms with Crippen LogP contribution in [0.4, 0.5) is 0 Å². The van der Waals surface area contributed by atoms with Crippen molar-refractivity contribution in [1.29, 1.82) is 0 Å². The van der Waals surface area contributed by atoms with E-state index in [1.165, 1.54) is 0 Å². The number of nitrogens with zero attached hydrogens (tertiary/aromatic N) is 5. The molecular formula is C14H17N7. The van der Waals surface area contributed by atoms with Crippen LogP contribution in [0.15, 0.2) is 37.1 Å². The Labute approximate surface area is 122 Å². The fraction of sp³-hybridized carbons (Fsp3) is 0.286. The first-order chi connectivity index (χ1) is 10.3.